The maximum Gasteiger partial charge on any atom is 0.248 e. The molecular weight excluding hydrogens is 278 g/mol. The second kappa shape index (κ2) is 6.91. The summed E-state index contributed by atoms with van der Waals surface area (Å²) in [6.07, 6.45) is 2.37. The number of piperazine rings is 1. The molecule has 1 aromatic rings. The quantitative estimate of drug-likeness (QED) is 0.825. The van der Waals surface area contributed by atoms with E-state index < -0.39 is 0 Å². The molecule has 5 nitrogen and oxygen atoms in total. The average Bonchev–Trinajstić information content (AvgIpc) is 3.40. The first kappa shape index (κ1) is 15.0. The van der Waals surface area contributed by atoms with Crippen molar-refractivity contribution in [2.45, 2.75) is 31.5 Å². The molecule has 1 aliphatic heterocycles. The molecular formula is C17H21N3O2. The molecule has 1 amide bonds. The molecule has 0 radical (unpaired) electrons. The number of ether oxygens (including phenoxy) is 1. The molecule has 2 aliphatic rings. The summed E-state index contributed by atoms with van der Waals surface area (Å²) in [5.41, 5.74) is 1.06. The highest BCUT2D eigenvalue weighted by Crippen LogP contribution is 2.30. The van der Waals surface area contributed by atoms with Crippen LogP contribution in [0.3, 0.4) is 0 Å². The lowest BCUT2D eigenvalue weighted by atomic mass is 10.2. The number of carbonyl (C=O) groups is 1. The lowest BCUT2D eigenvalue weighted by Crippen LogP contribution is -2.55. The number of hydrogen-bond acceptors (Lipinski definition) is 4. The molecule has 1 aliphatic carbocycles. The van der Waals surface area contributed by atoms with Gasteiger partial charge in [-0.25, -0.2) is 0 Å². The molecule has 1 saturated carbocycles. The van der Waals surface area contributed by atoms with Crippen molar-refractivity contribution in [1.29, 1.82) is 5.26 Å². The smallest absolute Gasteiger partial charge is 0.248 e. The summed E-state index contributed by atoms with van der Waals surface area (Å²) in [6.45, 7) is 2.52. The molecule has 1 unspecified atom stereocenters. The molecule has 0 spiro atoms. The van der Waals surface area contributed by atoms with E-state index in [1.165, 1.54) is 12.8 Å². The van der Waals surface area contributed by atoms with Crippen LogP contribution in [0.15, 0.2) is 30.3 Å². The van der Waals surface area contributed by atoms with Gasteiger partial charge >= 0.3 is 0 Å². The summed E-state index contributed by atoms with van der Waals surface area (Å²) in [7, 11) is 0. The molecule has 0 N–H and O–H groups in total. The summed E-state index contributed by atoms with van der Waals surface area (Å²) in [5.74, 6) is -0.0216. The van der Waals surface area contributed by atoms with Gasteiger partial charge in [0, 0.05) is 25.7 Å². The number of rotatable bonds is 5. The van der Waals surface area contributed by atoms with Crippen LogP contribution < -0.4 is 0 Å². The monoisotopic (exact) mass is 299 g/mol. The Kier molecular flexibility index (Phi) is 4.71. The van der Waals surface area contributed by atoms with Crippen molar-refractivity contribution < 1.29 is 9.53 Å². The summed E-state index contributed by atoms with van der Waals surface area (Å²) >= 11 is 0. The SMILES string of the molecule is N#CC1CN(C(=O)COCc2ccccc2)CCN1C1CC1. The van der Waals surface area contributed by atoms with Crippen molar-refractivity contribution in [1.82, 2.24) is 9.80 Å². The van der Waals surface area contributed by atoms with Crippen LogP contribution in [-0.4, -0.2) is 54.0 Å². The Morgan fingerprint density at radius 2 is 2.05 bits per heavy atom. The summed E-state index contributed by atoms with van der Waals surface area (Å²) < 4.78 is 5.50. The highest BCUT2D eigenvalue weighted by molar-refractivity contribution is 5.77. The van der Waals surface area contributed by atoms with Crippen LogP contribution >= 0.6 is 0 Å². The standard InChI is InChI=1S/C17H21N3O2/c18-10-16-11-19(8-9-20(16)15-6-7-15)17(21)13-22-12-14-4-2-1-3-5-14/h1-5,15-16H,6-9,11-13H2. The molecule has 1 heterocycles. The van der Waals surface area contributed by atoms with E-state index in [0.717, 1.165) is 12.1 Å². The van der Waals surface area contributed by atoms with Gasteiger partial charge in [0.25, 0.3) is 0 Å². The van der Waals surface area contributed by atoms with Crippen LogP contribution in [0.25, 0.3) is 0 Å². The molecule has 1 saturated heterocycles. The van der Waals surface area contributed by atoms with Gasteiger partial charge in [-0.1, -0.05) is 30.3 Å². The maximum atomic E-state index is 12.2. The van der Waals surface area contributed by atoms with E-state index in [1.807, 2.05) is 30.3 Å². The number of benzene rings is 1. The van der Waals surface area contributed by atoms with Crippen LogP contribution in [-0.2, 0) is 16.1 Å². The lowest BCUT2D eigenvalue weighted by Gasteiger charge is -2.38. The molecule has 0 aromatic heterocycles. The third-order valence-electron chi connectivity index (χ3n) is 4.28. The van der Waals surface area contributed by atoms with E-state index in [2.05, 4.69) is 11.0 Å². The molecule has 1 aromatic carbocycles. The van der Waals surface area contributed by atoms with Crippen molar-refractivity contribution in [3.8, 4) is 6.07 Å². The third kappa shape index (κ3) is 3.65. The van der Waals surface area contributed by atoms with Gasteiger partial charge in [0.15, 0.2) is 0 Å². The van der Waals surface area contributed by atoms with Crippen molar-refractivity contribution in [2.75, 3.05) is 26.2 Å². The van der Waals surface area contributed by atoms with Gasteiger partial charge in [0.1, 0.15) is 12.6 Å². The number of hydrogen-bond donors (Lipinski definition) is 0. The van der Waals surface area contributed by atoms with Crippen molar-refractivity contribution in [2.24, 2.45) is 0 Å². The Balaban J connectivity index is 1.45. The second-order valence-corrected chi connectivity index (χ2v) is 5.93. The minimum Gasteiger partial charge on any atom is -0.367 e. The fourth-order valence-electron chi connectivity index (χ4n) is 2.90. The van der Waals surface area contributed by atoms with E-state index >= 15 is 0 Å². The van der Waals surface area contributed by atoms with Crippen molar-refractivity contribution in [3.63, 3.8) is 0 Å². The van der Waals surface area contributed by atoms with Gasteiger partial charge < -0.3 is 9.64 Å². The predicted octanol–water partition coefficient (Wildman–Crippen LogP) is 1.40. The molecule has 1 atom stereocenters. The fraction of sp³-hybridized carbons (Fsp3) is 0.529. The topological polar surface area (TPSA) is 56.6 Å². The van der Waals surface area contributed by atoms with E-state index in [0.29, 0.717) is 25.7 Å². The normalized spacial score (nSPS) is 22.3. The zero-order chi connectivity index (χ0) is 15.4. The largest absolute Gasteiger partial charge is 0.367 e. The summed E-state index contributed by atoms with van der Waals surface area (Å²) in [4.78, 5) is 16.2. The predicted molar refractivity (Wildman–Crippen MR) is 81.8 cm³/mol. The Bertz CT molecular complexity index is 551. The zero-order valence-corrected chi connectivity index (χ0v) is 12.6. The number of nitrogens with zero attached hydrogens (tertiary/aromatic N) is 3. The minimum atomic E-state index is -0.167. The fourth-order valence-corrected chi connectivity index (χ4v) is 2.90. The Hall–Kier alpha value is -1.90. The van der Waals surface area contributed by atoms with Crippen LogP contribution in [0.4, 0.5) is 0 Å². The third-order valence-corrected chi connectivity index (χ3v) is 4.28. The minimum absolute atomic E-state index is 0.0216. The van der Waals surface area contributed by atoms with Crippen LogP contribution in [0.5, 0.6) is 0 Å². The molecule has 0 bridgehead atoms. The summed E-state index contributed by atoms with van der Waals surface area (Å²) in [5, 5.41) is 9.30. The van der Waals surface area contributed by atoms with Gasteiger partial charge in [-0.3, -0.25) is 9.69 Å². The van der Waals surface area contributed by atoms with Gasteiger partial charge in [0.05, 0.1) is 12.7 Å². The van der Waals surface area contributed by atoms with E-state index in [4.69, 9.17) is 4.74 Å². The van der Waals surface area contributed by atoms with Crippen molar-refractivity contribution in [3.05, 3.63) is 35.9 Å². The zero-order valence-electron chi connectivity index (χ0n) is 12.6. The average molecular weight is 299 g/mol. The molecule has 22 heavy (non-hydrogen) atoms. The number of carbonyl (C=O) groups excluding carboxylic acids is 1. The van der Waals surface area contributed by atoms with E-state index in [1.54, 1.807) is 4.90 Å². The Labute approximate surface area is 131 Å². The maximum absolute atomic E-state index is 12.2. The van der Waals surface area contributed by atoms with Crippen LogP contribution in [0.2, 0.25) is 0 Å². The summed E-state index contributed by atoms with van der Waals surface area (Å²) in [6, 6.07) is 12.5. The highest BCUT2D eigenvalue weighted by Gasteiger charge is 2.38. The van der Waals surface area contributed by atoms with Crippen LogP contribution in [0, 0.1) is 11.3 Å². The van der Waals surface area contributed by atoms with E-state index in [-0.39, 0.29) is 18.6 Å². The first-order valence-corrected chi connectivity index (χ1v) is 7.82. The van der Waals surface area contributed by atoms with Crippen molar-refractivity contribution >= 4 is 5.91 Å². The highest BCUT2D eigenvalue weighted by atomic mass is 16.5. The molecule has 5 heteroatoms. The first-order valence-electron chi connectivity index (χ1n) is 7.82. The first-order chi connectivity index (χ1) is 10.8. The Morgan fingerprint density at radius 3 is 2.73 bits per heavy atom. The number of nitriles is 1. The lowest BCUT2D eigenvalue weighted by molar-refractivity contribution is -0.139. The van der Waals surface area contributed by atoms with Gasteiger partial charge in [-0.2, -0.15) is 5.26 Å². The Morgan fingerprint density at radius 1 is 1.27 bits per heavy atom. The number of amides is 1. The molecule has 2 fully saturated rings. The van der Waals surface area contributed by atoms with Crippen LogP contribution in [0.1, 0.15) is 18.4 Å². The molecule has 3 rings (SSSR count). The van der Waals surface area contributed by atoms with Gasteiger partial charge in [0.2, 0.25) is 5.91 Å². The second-order valence-electron chi connectivity index (χ2n) is 5.93. The van der Waals surface area contributed by atoms with Gasteiger partial charge in [-0.15, -0.1) is 0 Å². The van der Waals surface area contributed by atoms with E-state index in [9.17, 15) is 10.1 Å². The molecule has 116 valence electrons. The van der Waals surface area contributed by atoms with Gasteiger partial charge in [-0.05, 0) is 18.4 Å².